The molecule has 0 amide bonds. The number of rotatable bonds is 5. The summed E-state index contributed by atoms with van der Waals surface area (Å²) in [5.74, 6) is -0.473. The van der Waals surface area contributed by atoms with Crippen LogP contribution in [0.5, 0.6) is 5.75 Å². The maximum Gasteiger partial charge on any atom is 0.449 e. The number of nitrogens with zero attached hydrogens (tertiary/aromatic N) is 2. The van der Waals surface area contributed by atoms with E-state index in [9.17, 15) is 18.3 Å². The van der Waals surface area contributed by atoms with E-state index in [0.29, 0.717) is 11.3 Å². The van der Waals surface area contributed by atoms with Crippen molar-refractivity contribution in [2.45, 2.75) is 25.7 Å². The molecule has 1 N–H and O–H groups in total. The lowest BCUT2D eigenvalue weighted by Crippen LogP contribution is -2.26. The van der Waals surface area contributed by atoms with Crippen molar-refractivity contribution in [3.05, 3.63) is 59.9 Å². The van der Waals surface area contributed by atoms with Crippen molar-refractivity contribution in [3.63, 3.8) is 0 Å². The Kier molecular flexibility index (Phi) is 4.67. The number of aryl methyl sites for hydroxylation is 1. The number of imidazole rings is 1. The molecule has 3 aromatic rings. The quantitative estimate of drug-likeness (QED) is 0.761. The zero-order valence-electron chi connectivity index (χ0n) is 13.5. The van der Waals surface area contributed by atoms with Crippen molar-refractivity contribution < 1.29 is 23.0 Å². The van der Waals surface area contributed by atoms with E-state index >= 15 is 0 Å². The van der Waals surface area contributed by atoms with Gasteiger partial charge >= 0.3 is 6.18 Å². The van der Waals surface area contributed by atoms with Crippen LogP contribution in [0.2, 0.25) is 0 Å². The molecular weight excluding hydrogens is 333 g/mol. The van der Waals surface area contributed by atoms with Crippen LogP contribution in [0.1, 0.15) is 11.4 Å². The number of aromatic nitrogens is 2. The third-order valence-electron chi connectivity index (χ3n) is 3.76. The predicted molar refractivity (Wildman–Crippen MR) is 87.4 cm³/mol. The van der Waals surface area contributed by atoms with Gasteiger partial charge in [-0.25, -0.2) is 4.98 Å². The van der Waals surface area contributed by atoms with E-state index in [0.717, 1.165) is 10.1 Å². The number of halogens is 3. The van der Waals surface area contributed by atoms with Gasteiger partial charge in [-0.05, 0) is 31.2 Å². The second-order valence-corrected chi connectivity index (χ2v) is 5.81. The molecule has 0 radical (unpaired) electrons. The van der Waals surface area contributed by atoms with Gasteiger partial charge in [-0.1, -0.05) is 29.8 Å². The van der Waals surface area contributed by atoms with Gasteiger partial charge in [0.2, 0.25) is 5.82 Å². The van der Waals surface area contributed by atoms with Gasteiger partial charge in [-0.3, -0.25) is 0 Å². The molecule has 2 aromatic carbocycles. The SMILES string of the molecule is Cc1ccc(OC[C@@H](O)Cn2c(C(F)(F)F)nc3ccccc32)cc1. The molecule has 3 rings (SSSR count). The molecule has 4 nitrogen and oxygen atoms in total. The minimum Gasteiger partial charge on any atom is -0.491 e. The summed E-state index contributed by atoms with van der Waals surface area (Å²) in [6.07, 6.45) is -5.71. The van der Waals surface area contributed by atoms with Gasteiger partial charge in [0.1, 0.15) is 18.5 Å². The van der Waals surface area contributed by atoms with Crippen LogP contribution in [-0.4, -0.2) is 27.4 Å². The molecule has 0 aliphatic carbocycles. The van der Waals surface area contributed by atoms with Crippen LogP contribution in [0.25, 0.3) is 11.0 Å². The third-order valence-corrected chi connectivity index (χ3v) is 3.76. The topological polar surface area (TPSA) is 47.3 Å². The summed E-state index contributed by atoms with van der Waals surface area (Å²) in [6, 6.07) is 13.5. The van der Waals surface area contributed by atoms with Crippen molar-refractivity contribution in [1.82, 2.24) is 9.55 Å². The van der Waals surface area contributed by atoms with E-state index in [4.69, 9.17) is 4.74 Å². The lowest BCUT2D eigenvalue weighted by molar-refractivity contribution is -0.147. The largest absolute Gasteiger partial charge is 0.491 e. The molecular formula is C18H17F3N2O2. The number of para-hydroxylation sites is 2. The Bertz CT molecular complexity index is 857. The number of aliphatic hydroxyl groups is 1. The molecule has 7 heteroatoms. The van der Waals surface area contributed by atoms with E-state index in [1.807, 2.05) is 19.1 Å². The fourth-order valence-electron chi connectivity index (χ4n) is 2.57. The zero-order chi connectivity index (χ0) is 18.0. The molecule has 0 spiro atoms. The summed E-state index contributed by atoms with van der Waals surface area (Å²) in [5.41, 5.74) is 1.62. The van der Waals surface area contributed by atoms with Crippen LogP contribution in [0.4, 0.5) is 13.2 Å². The van der Waals surface area contributed by atoms with Gasteiger partial charge in [-0.15, -0.1) is 0 Å². The molecule has 132 valence electrons. The van der Waals surface area contributed by atoms with Crippen LogP contribution >= 0.6 is 0 Å². The van der Waals surface area contributed by atoms with Gasteiger partial charge in [0, 0.05) is 0 Å². The Hall–Kier alpha value is -2.54. The fraction of sp³-hybridized carbons (Fsp3) is 0.278. The Balaban J connectivity index is 1.78. The average Bonchev–Trinajstić information content (AvgIpc) is 2.93. The number of aliphatic hydroxyl groups excluding tert-OH is 1. The number of benzene rings is 2. The van der Waals surface area contributed by atoms with Gasteiger partial charge in [-0.2, -0.15) is 13.2 Å². The predicted octanol–water partition coefficient (Wildman–Crippen LogP) is 3.80. The number of fused-ring (bicyclic) bond motifs is 1. The van der Waals surface area contributed by atoms with Crippen molar-refractivity contribution in [3.8, 4) is 5.75 Å². The van der Waals surface area contributed by atoms with Crippen LogP contribution in [-0.2, 0) is 12.7 Å². The second-order valence-electron chi connectivity index (χ2n) is 5.81. The molecule has 0 fully saturated rings. The van der Waals surface area contributed by atoms with E-state index in [1.165, 1.54) is 6.07 Å². The van der Waals surface area contributed by atoms with Crippen molar-refractivity contribution in [2.75, 3.05) is 6.61 Å². The highest BCUT2D eigenvalue weighted by Crippen LogP contribution is 2.31. The number of hydrogen-bond donors (Lipinski definition) is 1. The van der Waals surface area contributed by atoms with Crippen molar-refractivity contribution in [2.24, 2.45) is 0 Å². The fourth-order valence-corrected chi connectivity index (χ4v) is 2.57. The van der Waals surface area contributed by atoms with E-state index in [-0.39, 0.29) is 18.7 Å². The molecule has 0 bridgehead atoms. The Labute approximate surface area is 142 Å². The summed E-state index contributed by atoms with van der Waals surface area (Å²) in [6.45, 7) is 1.55. The van der Waals surface area contributed by atoms with E-state index < -0.39 is 18.1 Å². The molecule has 1 aromatic heterocycles. The first-order valence-corrected chi connectivity index (χ1v) is 7.74. The molecule has 25 heavy (non-hydrogen) atoms. The summed E-state index contributed by atoms with van der Waals surface area (Å²) in [5, 5.41) is 10.1. The molecule has 1 heterocycles. The molecule has 0 saturated carbocycles. The van der Waals surface area contributed by atoms with Gasteiger partial charge in [0.05, 0.1) is 17.6 Å². The van der Waals surface area contributed by atoms with Gasteiger partial charge in [0.15, 0.2) is 0 Å². The Morgan fingerprint density at radius 2 is 1.80 bits per heavy atom. The smallest absolute Gasteiger partial charge is 0.449 e. The number of ether oxygens (including phenoxy) is 1. The Morgan fingerprint density at radius 1 is 1.12 bits per heavy atom. The first-order valence-electron chi connectivity index (χ1n) is 7.74. The van der Waals surface area contributed by atoms with E-state index in [2.05, 4.69) is 4.98 Å². The lowest BCUT2D eigenvalue weighted by atomic mass is 10.2. The Morgan fingerprint density at radius 3 is 2.48 bits per heavy atom. The van der Waals surface area contributed by atoms with Crippen LogP contribution in [0, 0.1) is 6.92 Å². The molecule has 1 atom stereocenters. The van der Waals surface area contributed by atoms with Gasteiger partial charge in [0.25, 0.3) is 0 Å². The van der Waals surface area contributed by atoms with Crippen molar-refractivity contribution in [1.29, 1.82) is 0 Å². The summed E-state index contributed by atoms with van der Waals surface area (Å²) >= 11 is 0. The normalized spacial score (nSPS) is 13.2. The molecule has 0 unspecified atom stereocenters. The molecule has 0 saturated heterocycles. The molecule has 0 aliphatic heterocycles. The second kappa shape index (κ2) is 6.76. The van der Waals surface area contributed by atoms with Crippen LogP contribution in [0.3, 0.4) is 0 Å². The van der Waals surface area contributed by atoms with Crippen LogP contribution in [0.15, 0.2) is 48.5 Å². The maximum absolute atomic E-state index is 13.2. The first kappa shape index (κ1) is 17.3. The number of alkyl halides is 3. The monoisotopic (exact) mass is 350 g/mol. The minimum absolute atomic E-state index is 0.118. The van der Waals surface area contributed by atoms with Crippen LogP contribution < -0.4 is 4.74 Å². The number of hydrogen-bond acceptors (Lipinski definition) is 3. The molecule has 0 aliphatic rings. The summed E-state index contributed by atoms with van der Waals surface area (Å²) in [4.78, 5) is 3.65. The summed E-state index contributed by atoms with van der Waals surface area (Å²) < 4.78 is 46.1. The van der Waals surface area contributed by atoms with E-state index in [1.54, 1.807) is 30.3 Å². The third kappa shape index (κ3) is 3.93. The maximum atomic E-state index is 13.2. The van der Waals surface area contributed by atoms with Crippen molar-refractivity contribution >= 4 is 11.0 Å². The summed E-state index contributed by atoms with van der Waals surface area (Å²) in [7, 11) is 0. The minimum atomic E-state index is -4.60. The van der Waals surface area contributed by atoms with Gasteiger partial charge < -0.3 is 14.4 Å². The first-order chi connectivity index (χ1) is 11.8. The highest BCUT2D eigenvalue weighted by molar-refractivity contribution is 5.76. The average molecular weight is 350 g/mol. The lowest BCUT2D eigenvalue weighted by Gasteiger charge is -2.16. The highest BCUT2D eigenvalue weighted by atomic mass is 19.4. The standard InChI is InChI=1S/C18H17F3N2O2/c1-12-6-8-14(9-7-12)25-11-13(24)10-23-16-5-3-2-4-15(16)22-17(23)18(19,20)21/h2-9,13,24H,10-11H2,1H3/t13-/m0/s1. The highest BCUT2D eigenvalue weighted by Gasteiger charge is 2.37. The zero-order valence-corrected chi connectivity index (χ0v) is 13.5.